The van der Waals surface area contributed by atoms with Gasteiger partial charge in [-0.05, 0) is 0 Å². The molecule has 0 N–H and O–H groups in total. The van der Waals surface area contributed by atoms with Crippen molar-refractivity contribution in [3.05, 3.63) is 0 Å². The average Bonchev–Trinajstić information content (AvgIpc) is 3.08. The molecule has 0 radical (unpaired) electrons. The first-order valence-electron chi connectivity index (χ1n) is 7.65. The molecule has 100 valence electrons. The third-order valence-corrected chi connectivity index (χ3v) is 9.54. The Kier molecular flexibility index (Phi) is 3.40. The molecule has 4 fully saturated rings. The van der Waals surface area contributed by atoms with Crippen LogP contribution in [0.2, 0.25) is 4.82 Å². The Morgan fingerprint density at radius 2 is 1.61 bits per heavy atom. The maximum atomic E-state index is 6.30. The maximum absolute atomic E-state index is 6.30. The molecule has 4 saturated carbocycles. The van der Waals surface area contributed by atoms with Crippen molar-refractivity contribution in [1.29, 1.82) is 0 Å². The summed E-state index contributed by atoms with van der Waals surface area (Å²) < 4.78 is 7.61. The van der Waals surface area contributed by atoms with Gasteiger partial charge in [-0.3, -0.25) is 0 Å². The van der Waals surface area contributed by atoms with Gasteiger partial charge >= 0.3 is 125 Å². The van der Waals surface area contributed by atoms with Gasteiger partial charge in [0.1, 0.15) is 0 Å². The van der Waals surface area contributed by atoms with E-state index in [2.05, 4.69) is 15.6 Å². The molecule has 1 nitrogen and oxygen atoms in total. The number of ether oxygens (including phenoxy) is 1. The van der Waals surface area contributed by atoms with Crippen molar-refractivity contribution in [3.63, 3.8) is 0 Å². The van der Waals surface area contributed by atoms with E-state index >= 15 is 0 Å². The summed E-state index contributed by atoms with van der Waals surface area (Å²) in [5, 5.41) is 0. The number of fused-ring (bicyclic) bond motifs is 4. The van der Waals surface area contributed by atoms with Crippen LogP contribution in [-0.2, 0) is 4.74 Å². The summed E-state index contributed by atoms with van der Waals surface area (Å²) in [5.41, 5.74) is 0. The Morgan fingerprint density at radius 1 is 0.889 bits per heavy atom. The van der Waals surface area contributed by atoms with Crippen LogP contribution in [0.25, 0.3) is 0 Å². The summed E-state index contributed by atoms with van der Waals surface area (Å²) in [5.74, 6) is 4.04. The van der Waals surface area contributed by atoms with Crippen molar-refractivity contribution in [2.45, 2.75) is 62.3 Å². The van der Waals surface area contributed by atoms with E-state index < -0.39 is 0 Å². The van der Waals surface area contributed by atoms with Crippen LogP contribution in [-0.4, -0.2) is 40.1 Å². The van der Waals surface area contributed by atoms with Gasteiger partial charge in [0.05, 0.1) is 0 Å². The molecule has 0 amide bonds. The van der Waals surface area contributed by atoms with Gasteiger partial charge < -0.3 is 0 Å². The molecular formula is C15H22OSe2. The van der Waals surface area contributed by atoms with E-state index in [4.69, 9.17) is 4.74 Å². The van der Waals surface area contributed by atoms with Crippen LogP contribution in [0.1, 0.15) is 51.4 Å². The number of hydrogen-bond donors (Lipinski definition) is 0. The van der Waals surface area contributed by atoms with Crippen LogP contribution < -0.4 is 0 Å². The molecular weight excluding hydrogens is 354 g/mol. The van der Waals surface area contributed by atoms with Gasteiger partial charge in [-0.15, -0.1) is 0 Å². The van der Waals surface area contributed by atoms with Gasteiger partial charge in [-0.2, -0.15) is 0 Å². The topological polar surface area (TPSA) is 9.23 Å². The van der Waals surface area contributed by atoms with E-state index in [0.717, 1.165) is 28.5 Å². The second-order valence-electron chi connectivity index (χ2n) is 6.91. The third-order valence-electron chi connectivity index (χ3n) is 5.84. The summed E-state index contributed by atoms with van der Waals surface area (Å²) in [6.07, 6.45) is 12.4. The van der Waals surface area contributed by atoms with E-state index in [-0.39, 0.29) is 0 Å². The number of rotatable bonds is 4. The van der Waals surface area contributed by atoms with Gasteiger partial charge in [-0.1, -0.05) is 0 Å². The zero-order valence-electron chi connectivity index (χ0n) is 10.8. The minimum atomic E-state index is 0.584. The first kappa shape index (κ1) is 12.4. The zero-order chi connectivity index (χ0) is 12.1. The van der Waals surface area contributed by atoms with Gasteiger partial charge in [0, 0.05) is 0 Å². The third kappa shape index (κ3) is 2.26. The quantitative estimate of drug-likeness (QED) is 0.686. The molecule has 0 aromatic rings. The molecule has 4 aliphatic rings. The van der Waals surface area contributed by atoms with E-state index in [0.29, 0.717) is 21.1 Å². The molecule has 0 aliphatic heterocycles. The van der Waals surface area contributed by atoms with E-state index in [9.17, 15) is 0 Å². The fraction of sp³-hybridized carbons (Fsp3) is 0.933. The molecule has 18 heavy (non-hydrogen) atoms. The molecule has 0 spiro atoms. The van der Waals surface area contributed by atoms with Crippen LogP contribution in [0.15, 0.2) is 0 Å². The molecule has 4 bridgehead atoms. The second kappa shape index (κ2) is 4.92. The van der Waals surface area contributed by atoms with Crippen LogP contribution in [0.3, 0.4) is 0 Å². The SMILES string of the molecule is [Se]=C(OC1CC2CCC1C2)[Se]C1CC2CCC1C2. The van der Waals surface area contributed by atoms with Crippen molar-refractivity contribution in [1.82, 2.24) is 0 Å². The molecule has 0 aromatic carbocycles. The Bertz CT molecular complexity index is 324. The summed E-state index contributed by atoms with van der Waals surface area (Å²) in [7, 11) is 0. The zero-order valence-corrected chi connectivity index (χ0v) is 14.3. The van der Waals surface area contributed by atoms with Gasteiger partial charge in [0.2, 0.25) is 0 Å². The summed E-state index contributed by atoms with van der Waals surface area (Å²) in [6, 6.07) is 0. The molecule has 0 aromatic heterocycles. The molecule has 4 rings (SSSR count). The normalized spacial score (nSPS) is 48.9. The summed E-state index contributed by atoms with van der Waals surface area (Å²) >= 11 is 3.88. The van der Waals surface area contributed by atoms with Gasteiger partial charge in [0.25, 0.3) is 0 Å². The summed E-state index contributed by atoms with van der Waals surface area (Å²) in [6.45, 7) is 0. The van der Waals surface area contributed by atoms with Crippen molar-refractivity contribution < 1.29 is 4.74 Å². The minimum absolute atomic E-state index is 0.584. The predicted octanol–water partition coefficient (Wildman–Crippen LogP) is 2.76. The Balaban J connectivity index is 1.29. The van der Waals surface area contributed by atoms with Crippen molar-refractivity contribution in [2.75, 3.05) is 0 Å². The molecule has 6 unspecified atom stereocenters. The van der Waals surface area contributed by atoms with Crippen molar-refractivity contribution in [2.24, 2.45) is 23.7 Å². The average molecular weight is 376 g/mol. The number of hydrogen-bond acceptors (Lipinski definition) is 1. The van der Waals surface area contributed by atoms with Crippen molar-refractivity contribution in [3.8, 4) is 0 Å². The molecule has 4 aliphatic carbocycles. The van der Waals surface area contributed by atoms with Crippen LogP contribution in [0.4, 0.5) is 0 Å². The monoisotopic (exact) mass is 378 g/mol. The van der Waals surface area contributed by atoms with Gasteiger partial charge in [-0.25, -0.2) is 0 Å². The van der Waals surface area contributed by atoms with E-state index in [1.807, 2.05) is 0 Å². The van der Waals surface area contributed by atoms with Crippen molar-refractivity contribution >= 4 is 34.0 Å². The molecule has 3 heteroatoms. The fourth-order valence-corrected chi connectivity index (χ4v) is 9.13. The van der Waals surface area contributed by atoms with Gasteiger partial charge in [0.15, 0.2) is 0 Å². The van der Waals surface area contributed by atoms with Crippen LogP contribution >= 0.6 is 0 Å². The standard InChI is InChI=1S/C15H22OSe2/c17-15(16-13-7-9-1-3-11(13)5-9)18-14-8-10-2-4-12(14)6-10/h9-14H,1-8H2. The Morgan fingerprint density at radius 3 is 2.17 bits per heavy atom. The first-order valence-corrected chi connectivity index (χ1v) is 10.4. The molecule has 0 heterocycles. The van der Waals surface area contributed by atoms with E-state index in [1.54, 1.807) is 0 Å². The molecule has 6 atom stereocenters. The fourth-order valence-electron chi connectivity index (χ4n) is 4.94. The van der Waals surface area contributed by atoms with Crippen LogP contribution in [0, 0.1) is 23.7 Å². The Hall–Kier alpha value is 0.709. The van der Waals surface area contributed by atoms with Crippen LogP contribution in [0.5, 0.6) is 0 Å². The van der Waals surface area contributed by atoms with E-state index in [1.165, 1.54) is 54.9 Å². The predicted molar refractivity (Wildman–Crippen MR) is 76.0 cm³/mol. The first-order chi connectivity index (χ1) is 8.78. The Labute approximate surface area is 124 Å². The molecule has 0 saturated heterocycles. The second-order valence-corrected chi connectivity index (χ2v) is 11.5. The summed E-state index contributed by atoms with van der Waals surface area (Å²) in [4.78, 5) is 1.01.